The number of hydrogen-bond donors (Lipinski definition) is 0. The van der Waals surface area contributed by atoms with E-state index < -0.39 is 12.2 Å². The van der Waals surface area contributed by atoms with Crippen LogP contribution in [-0.4, -0.2) is 12.2 Å². The first-order chi connectivity index (χ1) is 6.50. The summed E-state index contributed by atoms with van der Waals surface area (Å²) in [6.45, 7) is 0. The van der Waals surface area contributed by atoms with Crippen molar-refractivity contribution in [2.24, 2.45) is 0 Å². The third-order valence-corrected chi connectivity index (χ3v) is 2.47. The number of hydrogen-bond acceptors (Lipinski definition) is 1. The van der Waals surface area contributed by atoms with Crippen LogP contribution in [0.1, 0.15) is 5.56 Å². The molecule has 1 aromatic rings. The Morgan fingerprint density at radius 2 is 2.14 bits per heavy atom. The van der Waals surface area contributed by atoms with Crippen LogP contribution >= 0.6 is 27.5 Å². The van der Waals surface area contributed by atoms with Gasteiger partial charge in [0.05, 0.1) is 0 Å². The van der Waals surface area contributed by atoms with Crippen LogP contribution in [0, 0.1) is 0 Å². The second-order valence-electron chi connectivity index (χ2n) is 2.68. The van der Waals surface area contributed by atoms with Crippen molar-refractivity contribution in [1.29, 1.82) is 0 Å². The lowest BCUT2D eigenvalue weighted by Gasteiger charge is -2.03. The van der Waals surface area contributed by atoms with E-state index >= 15 is 0 Å². The van der Waals surface area contributed by atoms with Gasteiger partial charge in [0, 0.05) is 15.9 Å². The summed E-state index contributed by atoms with van der Waals surface area (Å²) in [5.74, 6) is -1.12. The third kappa shape index (κ3) is 3.03. The number of alkyl halides is 2. The van der Waals surface area contributed by atoms with E-state index in [2.05, 4.69) is 15.9 Å². The van der Waals surface area contributed by atoms with E-state index in [1.807, 2.05) is 0 Å². The zero-order chi connectivity index (χ0) is 10.7. The Balaban J connectivity index is 2.82. The molecule has 0 aliphatic rings. The zero-order valence-corrected chi connectivity index (χ0v) is 9.28. The number of ketones is 1. The molecule has 1 nitrogen and oxygen atoms in total. The first-order valence-electron chi connectivity index (χ1n) is 3.75. The maximum absolute atomic E-state index is 11.9. The molecule has 0 saturated carbocycles. The molecule has 0 aromatic heterocycles. The Morgan fingerprint density at radius 1 is 1.50 bits per heavy atom. The average Bonchev–Trinajstić information content (AvgIpc) is 2.09. The predicted molar refractivity (Wildman–Crippen MR) is 53.9 cm³/mol. The Morgan fingerprint density at radius 3 is 2.64 bits per heavy atom. The van der Waals surface area contributed by atoms with Crippen LogP contribution in [-0.2, 0) is 11.2 Å². The number of halogens is 4. The zero-order valence-electron chi connectivity index (χ0n) is 6.94. The molecule has 0 spiro atoms. The van der Waals surface area contributed by atoms with E-state index in [1.165, 1.54) is 0 Å². The highest BCUT2D eigenvalue weighted by Crippen LogP contribution is 2.22. The van der Waals surface area contributed by atoms with E-state index in [9.17, 15) is 13.6 Å². The SMILES string of the molecule is O=C(Cc1ccc(Br)cc1Cl)C(F)F. The van der Waals surface area contributed by atoms with Crippen molar-refractivity contribution in [1.82, 2.24) is 0 Å². The van der Waals surface area contributed by atoms with Gasteiger partial charge in [-0.1, -0.05) is 33.6 Å². The molecule has 1 aromatic carbocycles. The number of benzene rings is 1. The van der Waals surface area contributed by atoms with Crippen molar-refractivity contribution in [2.45, 2.75) is 12.8 Å². The highest BCUT2D eigenvalue weighted by Gasteiger charge is 2.16. The highest BCUT2D eigenvalue weighted by atomic mass is 79.9. The molecular weight excluding hydrogens is 277 g/mol. The summed E-state index contributed by atoms with van der Waals surface area (Å²) >= 11 is 8.93. The molecule has 0 N–H and O–H groups in total. The van der Waals surface area contributed by atoms with E-state index in [0.29, 0.717) is 10.6 Å². The van der Waals surface area contributed by atoms with Gasteiger partial charge in [-0.15, -0.1) is 0 Å². The summed E-state index contributed by atoms with van der Waals surface area (Å²) in [5.41, 5.74) is 0.417. The predicted octanol–water partition coefficient (Wildman–Crippen LogP) is 3.48. The lowest BCUT2D eigenvalue weighted by Crippen LogP contribution is -2.12. The largest absolute Gasteiger partial charge is 0.296 e. The molecule has 0 radical (unpaired) electrons. The van der Waals surface area contributed by atoms with Crippen LogP contribution in [0.5, 0.6) is 0 Å². The Bertz CT molecular complexity index is 355. The minimum absolute atomic E-state index is 0.313. The maximum atomic E-state index is 11.9. The molecule has 5 heteroatoms. The van der Waals surface area contributed by atoms with Gasteiger partial charge in [-0.25, -0.2) is 8.78 Å². The lowest BCUT2D eigenvalue weighted by atomic mass is 10.1. The van der Waals surface area contributed by atoms with E-state index in [4.69, 9.17) is 11.6 Å². The standard InChI is InChI=1S/C9H6BrClF2O/c10-6-2-1-5(7(11)4-6)3-8(14)9(12)13/h1-2,4,9H,3H2. The number of carbonyl (C=O) groups is 1. The molecule has 1 rings (SSSR count). The first kappa shape index (κ1) is 11.6. The second kappa shape index (κ2) is 4.84. The monoisotopic (exact) mass is 282 g/mol. The van der Waals surface area contributed by atoms with Crippen LogP contribution in [0.15, 0.2) is 22.7 Å². The Hall–Kier alpha value is -0.480. The summed E-state index contributed by atoms with van der Waals surface area (Å²) in [6, 6.07) is 4.77. The molecule has 0 aliphatic heterocycles. The average molecular weight is 283 g/mol. The van der Waals surface area contributed by atoms with E-state index in [0.717, 1.165) is 4.47 Å². The molecule has 0 saturated heterocycles. The molecule has 0 fully saturated rings. The van der Waals surface area contributed by atoms with Crippen molar-refractivity contribution in [2.75, 3.05) is 0 Å². The summed E-state index contributed by atoms with van der Waals surface area (Å²) in [4.78, 5) is 10.7. The molecular formula is C9H6BrClF2O. The molecule has 0 unspecified atom stereocenters. The molecule has 0 aliphatic carbocycles. The van der Waals surface area contributed by atoms with Crippen molar-refractivity contribution in [3.8, 4) is 0 Å². The van der Waals surface area contributed by atoms with Gasteiger partial charge < -0.3 is 0 Å². The number of carbonyl (C=O) groups excluding carboxylic acids is 1. The van der Waals surface area contributed by atoms with Gasteiger partial charge in [-0.3, -0.25) is 4.79 Å². The topological polar surface area (TPSA) is 17.1 Å². The van der Waals surface area contributed by atoms with Crippen LogP contribution in [0.3, 0.4) is 0 Å². The Kier molecular flexibility index (Phi) is 4.01. The number of rotatable bonds is 3. The minimum atomic E-state index is -2.94. The van der Waals surface area contributed by atoms with Crippen LogP contribution in [0.4, 0.5) is 8.78 Å². The van der Waals surface area contributed by atoms with Crippen LogP contribution in [0.2, 0.25) is 5.02 Å². The molecule has 0 heterocycles. The molecule has 76 valence electrons. The van der Waals surface area contributed by atoms with E-state index in [1.54, 1.807) is 18.2 Å². The van der Waals surface area contributed by atoms with Crippen molar-refractivity contribution in [3.63, 3.8) is 0 Å². The van der Waals surface area contributed by atoms with Gasteiger partial charge >= 0.3 is 0 Å². The fourth-order valence-corrected chi connectivity index (χ4v) is 1.67. The molecule has 0 atom stereocenters. The summed E-state index contributed by atoms with van der Waals surface area (Å²) in [5, 5.41) is 0.313. The fourth-order valence-electron chi connectivity index (χ4n) is 0.930. The van der Waals surface area contributed by atoms with Gasteiger partial charge in [-0.05, 0) is 17.7 Å². The van der Waals surface area contributed by atoms with Gasteiger partial charge in [0.1, 0.15) is 0 Å². The van der Waals surface area contributed by atoms with Gasteiger partial charge in [-0.2, -0.15) is 0 Å². The molecule has 0 amide bonds. The quantitative estimate of drug-likeness (QED) is 0.830. The van der Waals surface area contributed by atoms with Crippen molar-refractivity contribution < 1.29 is 13.6 Å². The van der Waals surface area contributed by atoms with Gasteiger partial charge in [0.15, 0.2) is 0 Å². The van der Waals surface area contributed by atoms with Gasteiger partial charge in [0.2, 0.25) is 5.78 Å². The third-order valence-electron chi connectivity index (χ3n) is 1.62. The van der Waals surface area contributed by atoms with E-state index in [-0.39, 0.29) is 6.42 Å². The Labute approximate surface area is 93.2 Å². The maximum Gasteiger partial charge on any atom is 0.296 e. The van der Waals surface area contributed by atoms with Crippen LogP contribution in [0.25, 0.3) is 0 Å². The fraction of sp³-hybridized carbons (Fsp3) is 0.222. The van der Waals surface area contributed by atoms with Crippen LogP contribution < -0.4 is 0 Å². The number of Topliss-reactive ketones (excluding diaryl/α,β-unsaturated/α-hetero) is 1. The molecule has 0 bridgehead atoms. The van der Waals surface area contributed by atoms with Crippen molar-refractivity contribution in [3.05, 3.63) is 33.3 Å². The summed E-state index contributed by atoms with van der Waals surface area (Å²) in [6.07, 6.45) is -3.27. The minimum Gasteiger partial charge on any atom is -0.293 e. The smallest absolute Gasteiger partial charge is 0.293 e. The lowest BCUT2D eigenvalue weighted by molar-refractivity contribution is -0.128. The molecule has 14 heavy (non-hydrogen) atoms. The second-order valence-corrected chi connectivity index (χ2v) is 4.00. The summed E-state index contributed by atoms with van der Waals surface area (Å²) < 4.78 is 24.6. The first-order valence-corrected chi connectivity index (χ1v) is 4.92. The van der Waals surface area contributed by atoms with Crippen molar-refractivity contribution >= 4 is 33.3 Å². The summed E-state index contributed by atoms with van der Waals surface area (Å²) in [7, 11) is 0. The normalized spacial score (nSPS) is 10.6. The van der Waals surface area contributed by atoms with Gasteiger partial charge in [0.25, 0.3) is 6.43 Å². The highest BCUT2D eigenvalue weighted by molar-refractivity contribution is 9.10.